The van der Waals surface area contributed by atoms with Crippen molar-refractivity contribution in [2.45, 2.75) is 31.9 Å². The van der Waals surface area contributed by atoms with E-state index in [0.29, 0.717) is 0 Å². The Bertz CT molecular complexity index is 444. The molecule has 0 heterocycles. The van der Waals surface area contributed by atoms with E-state index in [9.17, 15) is 0 Å². The minimum Gasteiger partial charge on any atom is -0.399 e. The number of hydrogen-bond donors (Lipinski definition) is 3. The standard InChI is InChI=1S/C9H12O.C6H7N.C2H5ClO/c1-8(10)7-9-5-3-2-4-6-9;7-6-4-2-1-3-5-6;1-2(3)4/h2-6,8,10H,7H2,1H3;1-5H,7H2;2,4H,1H3. The monoisotopic (exact) mass is 309 g/mol. The lowest BCUT2D eigenvalue weighted by molar-refractivity contribution is 0.195. The summed E-state index contributed by atoms with van der Waals surface area (Å²) < 4.78 is 0. The number of nitrogen functional groups attached to an aromatic ring is 1. The molecular formula is C17H24ClNO2. The third-order valence-corrected chi connectivity index (χ3v) is 2.17. The Morgan fingerprint density at radius 3 is 1.57 bits per heavy atom. The topological polar surface area (TPSA) is 66.5 Å². The van der Waals surface area contributed by atoms with Gasteiger partial charge in [0, 0.05) is 5.69 Å². The highest BCUT2D eigenvalue weighted by Gasteiger charge is 1.95. The molecule has 0 saturated carbocycles. The molecule has 116 valence electrons. The van der Waals surface area contributed by atoms with Crippen LogP contribution in [0, 0.1) is 0 Å². The Morgan fingerprint density at radius 1 is 0.905 bits per heavy atom. The molecule has 0 bridgehead atoms. The number of aliphatic hydroxyl groups excluding tert-OH is 2. The summed E-state index contributed by atoms with van der Waals surface area (Å²) in [6.07, 6.45) is 0.517. The minimum atomic E-state index is -0.694. The largest absolute Gasteiger partial charge is 0.399 e. The first kappa shape index (κ1) is 19.4. The lowest BCUT2D eigenvalue weighted by Crippen LogP contribution is -2.03. The summed E-state index contributed by atoms with van der Waals surface area (Å²) in [7, 11) is 0. The second kappa shape index (κ2) is 12.2. The second-order valence-corrected chi connectivity index (χ2v) is 5.16. The van der Waals surface area contributed by atoms with Crippen LogP contribution in [-0.2, 0) is 6.42 Å². The first-order valence-corrected chi connectivity index (χ1v) is 7.20. The number of para-hydroxylation sites is 1. The molecule has 0 aliphatic rings. The molecule has 0 saturated heterocycles. The highest BCUT2D eigenvalue weighted by atomic mass is 35.5. The summed E-state index contributed by atoms with van der Waals surface area (Å²) >= 11 is 4.83. The van der Waals surface area contributed by atoms with Gasteiger partial charge in [-0.2, -0.15) is 0 Å². The third kappa shape index (κ3) is 14.7. The fourth-order valence-electron chi connectivity index (χ4n) is 1.41. The van der Waals surface area contributed by atoms with E-state index >= 15 is 0 Å². The van der Waals surface area contributed by atoms with E-state index in [-0.39, 0.29) is 6.10 Å². The number of anilines is 1. The van der Waals surface area contributed by atoms with Crippen molar-refractivity contribution >= 4 is 17.3 Å². The molecule has 2 atom stereocenters. The van der Waals surface area contributed by atoms with Crippen LogP contribution >= 0.6 is 11.6 Å². The van der Waals surface area contributed by atoms with Crippen molar-refractivity contribution in [1.29, 1.82) is 0 Å². The second-order valence-electron chi connectivity index (χ2n) is 4.52. The van der Waals surface area contributed by atoms with Crippen molar-refractivity contribution in [2.75, 3.05) is 5.73 Å². The van der Waals surface area contributed by atoms with Crippen LogP contribution in [0.1, 0.15) is 19.4 Å². The highest BCUT2D eigenvalue weighted by molar-refractivity contribution is 6.19. The number of benzene rings is 2. The first-order valence-electron chi connectivity index (χ1n) is 6.76. The Labute approximate surface area is 132 Å². The molecule has 3 nitrogen and oxygen atoms in total. The normalized spacial score (nSPS) is 12.0. The maximum absolute atomic E-state index is 9.01. The van der Waals surface area contributed by atoms with Crippen molar-refractivity contribution < 1.29 is 10.2 Å². The fraction of sp³-hybridized carbons (Fsp3) is 0.294. The predicted molar refractivity (Wildman–Crippen MR) is 90.2 cm³/mol. The van der Waals surface area contributed by atoms with Crippen molar-refractivity contribution in [3.05, 3.63) is 66.2 Å². The Morgan fingerprint density at radius 2 is 1.29 bits per heavy atom. The first-order chi connectivity index (χ1) is 9.91. The van der Waals surface area contributed by atoms with Gasteiger partial charge < -0.3 is 15.9 Å². The van der Waals surface area contributed by atoms with Crippen LogP contribution in [0.5, 0.6) is 0 Å². The lowest BCUT2D eigenvalue weighted by Gasteiger charge is -2.01. The summed E-state index contributed by atoms with van der Waals surface area (Å²) in [5.74, 6) is 0. The summed E-state index contributed by atoms with van der Waals surface area (Å²) in [6.45, 7) is 3.29. The molecule has 0 aliphatic heterocycles. The molecule has 2 rings (SSSR count). The van der Waals surface area contributed by atoms with Crippen LogP contribution in [0.25, 0.3) is 0 Å². The summed E-state index contributed by atoms with van der Waals surface area (Å²) in [5.41, 5.74) is 6.68. The SMILES string of the molecule is CC(O)Cc1ccccc1.CC(O)Cl.Nc1ccccc1. The van der Waals surface area contributed by atoms with E-state index in [2.05, 4.69) is 0 Å². The van der Waals surface area contributed by atoms with Gasteiger partial charge in [0.15, 0.2) is 0 Å². The van der Waals surface area contributed by atoms with Gasteiger partial charge in [0.05, 0.1) is 6.10 Å². The number of alkyl halides is 1. The zero-order chi connectivity index (χ0) is 16.1. The molecule has 4 N–H and O–H groups in total. The molecule has 0 fully saturated rings. The quantitative estimate of drug-likeness (QED) is 0.588. The Kier molecular flexibility index (Phi) is 11.3. The molecular weight excluding hydrogens is 286 g/mol. The van der Waals surface area contributed by atoms with E-state index in [1.54, 1.807) is 6.92 Å². The number of aliphatic hydroxyl groups is 2. The summed E-state index contributed by atoms with van der Waals surface area (Å²) in [6, 6.07) is 19.5. The highest BCUT2D eigenvalue weighted by Crippen LogP contribution is 2.01. The van der Waals surface area contributed by atoms with Gasteiger partial charge in [-0.25, -0.2) is 0 Å². The van der Waals surface area contributed by atoms with Crippen molar-refractivity contribution in [2.24, 2.45) is 0 Å². The number of nitrogens with two attached hydrogens (primary N) is 1. The molecule has 0 aliphatic carbocycles. The Balaban J connectivity index is 0.000000317. The number of hydrogen-bond acceptors (Lipinski definition) is 3. The third-order valence-electron chi connectivity index (χ3n) is 2.17. The lowest BCUT2D eigenvalue weighted by atomic mass is 10.1. The zero-order valence-corrected chi connectivity index (χ0v) is 13.2. The van der Waals surface area contributed by atoms with Crippen LogP contribution in [0.15, 0.2) is 60.7 Å². The van der Waals surface area contributed by atoms with Crippen molar-refractivity contribution in [1.82, 2.24) is 0 Å². The van der Waals surface area contributed by atoms with Crippen LogP contribution in [-0.4, -0.2) is 21.9 Å². The molecule has 0 radical (unpaired) electrons. The smallest absolute Gasteiger partial charge is 0.125 e. The minimum absolute atomic E-state index is 0.234. The van der Waals surface area contributed by atoms with Gasteiger partial charge in [-0.15, -0.1) is 0 Å². The fourth-order valence-corrected chi connectivity index (χ4v) is 1.41. The van der Waals surface area contributed by atoms with E-state index < -0.39 is 5.56 Å². The molecule has 0 spiro atoms. The van der Waals surface area contributed by atoms with E-state index in [1.807, 2.05) is 60.7 Å². The molecule has 21 heavy (non-hydrogen) atoms. The van der Waals surface area contributed by atoms with Gasteiger partial charge in [0.1, 0.15) is 5.56 Å². The van der Waals surface area contributed by atoms with Gasteiger partial charge >= 0.3 is 0 Å². The molecule has 2 unspecified atom stereocenters. The molecule has 0 amide bonds. The zero-order valence-electron chi connectivity index (χ0n) is 12.5. The van der Waals surface area contributed by atoms with Gasteiger partial charge in [-0.1, -0.05) is 60.1 Å². The molecule has 4 heteroatoms. The van der Waals surface area contributed by atoms with E-state index in [0.717, 1.165) is 12.1 Å². The average Bonchev–Trinajstić information content (AvgIpc) is 2.40. The van der Waals surface area contributed by atoms with Gasteiger partial charge in [0.25, 0.3) is 0 Å². The van der Waals surface area contributed by atoms with E-state index in [1.165, 1.54) is 12.5 Å². The summed E-state index contributed by atoms with van der Waals surface area (Å²) in [4.78, 5) is 0. The van der Waals surface area contributed by atoms with Gasteiger partial charge in [0.2, 0.25) is 0 Å². The van der Waals surface area contributed by atoms with Gasteiger partial charge in [-0.05, 0) is 38.0 Å². The maximum atomic E-state index is 9.01. The maximum Gasteiger partial charge on any atom is 0.125 e. The number of halogens is 1. The predicted octanol–water partition coefficient (Wildman–Crippen LogP) is 3.44. The average molecular weight is 310 g/mol. The van der Waals surface area contributed by atoms with Crippen LogP contribution in [0.3, 0.4) is 0 Å². The van der Waals surface area contributed by atoms with Crippen LogP contribution < -0.4 is 5.73 Å². The molecule has 2 aromatic carbocycles. The van der Waals surface area contributed by atoms with Crippen molar-refractivity contribution in [3.8, 4) is 0 Å². The van der Waals surface area contributed by atoms with Crippen LogP contribution in [0.2, 0.25) is 0 Å². The molecule has 0 aromatic heterocycles. The van der Waals surface area contributed by atoms with E-state index in [4.69, 9.17) is 27.5 Å². The van der Waals surface area contributed by atoms with Gasteiger partial charge in [-0.3, -0.25) is 0 Å². The molecule has 2 aromatic rings. The van der Waals surface area contributed by atoms with Crippen molar-refractivity contribution in [3.63, 3.8) is 0 Å². The Hall–Kier alpha value is -1.55. The van der Waals surface area contributed by atoms with Crippen LogP contribution in [0.4, 0.5) is 5.69 Å². The summed E-state index contributed by atoms with van der Waals surface area (Å²) in [5, 5.41) is 16.8. The number of rotatable bonds is 2.